The van der Waals surface area contributed by atoms with Gasteiger partial charge in [-0.2, -0.15) is 0 Å². The number of rotatable bonds is 4. The lowest BCUT2D eigenvalue weighted by molar-refractivity contribution is 0.181. The zero-order chi connectivity index (χ0) is 9.97. The van der Waals surface area contributed by atoms with Crippen LogP contribution >= 0.6 is 12.2 Å². The van der Waals surface area contributed by atoms with E-state index in [1.54, 1.807) is 7.11 Å². The first kappa shape index (κ1) is 9.80. The van der Waals surface area contributed by atoms with E-state index in [0.29, 0.717) is 11.2 Å². The molecule has 3 nitrogen and oxygen atoms in total. The van der Waals surface area contributed by atoms with Gasteiger partial charge in [0.2, 0.25) is 0 Å². The molecule has 0 amide bonds. The number of aromatic amines is 1. The average Bonchev–Trinajstić information content (AvgIpc) is 2.87. The first-order valence-corrected chi connectivity index (χ1v) is 5.27. The van der Waals surface area contributed by atoms with Gasteiger partial charge in [0.1, 0.15) is 10.5 Å². The van der Waals surface area contributed by atoms with Crippen LogP contribution < -0.4 is 0 Å². The van der Waals surface area contributed by atoms with Crippen LogP contribution in [0, 0.1) is 10.6 Å². The summed E-state index contributed by atoms with van der Waals surface area (Å²) in [6, 6.07) is 1.86. The molecule has 1 fully saturated rings. The van der Waals surface area contributed by atoms with Crippen molar-refractivity contribution in [2.45, 2.75) is 25.9 Å². The minimum Gasteiger partial charge on any atom is -0.378 e. The van der Waals surface area contributed by atoms with Crippen LogP contribution in [-0.4, -0.2) is 17.1 Å². The van der Waals surface area contributed by atoms with Crippen molar-refractivity contribution in [1.82, 2.24) is 9.97 Å². The predicted octanol–water partition coefficient (Wildman–Crippen LogP) is 2.24. The van der Waals surface area contributed by atoms with E-state index in [2.05, 4.69) is 9.97 Å². The second kappa shape index (κ2) is 4.19. The molecule has 1 saturated carbocycles. The summed E-state index contributed by atoms with van der Waals surface area (Å²) >= 11 is 5.09. The van der Waals surface area contributed by atoms with Crippen LogP contribution in [0.2, 0.25) is 0 Å². The van der Waals surface area contributed by atoms with Gasteiger partial charge in [-0.05, 0) is 24.8 Å². The standard InChI is InChI=1S/C10H14N2OS/c1-13-6-8-5-10(14)12-9(11-8)4-7-2-3-7/h5,7H,2-4,6H2,1H3,(H,11,12,14). The Morgan fingerprint density at radius 1 is 1.64 bits per heavy atom. The number of hydrogen-bond acceptors (Lipinski definition) is 3. The Labute approximate surface area is 88.5 Å². The lowest BCUT2D eigenvalue weighted by atomic mass is 10.3. The van der Waals surface area contributed by atoms with Gasteiger partial charge in [0.15, 0.2) is 0 Å². The Kier molecular flexibility index (Phi) is 2.93. The zero-order valence-electron chi connectivity index (χ0n) is 8.25. The van der Waals surface area contributed by atoms with E-state index in [0.717, 1.165) is 23.9 Å². The molecule has 0 saturated heterocycles. The third-order valence-electron chi connectivity index (χ3n) is 2.33. The molecule has 0 atom stereocenters. The first-order valence-electron chi connectivity index (χ1n) is 4.86. The maximum absolute atomic E-state index is 5.09. The molecule has 4 heteroatoms. The summed E-state index contributed by atoms with van der Waals surface area (Å²) in [5, 5.41) is 0. The first-order chi connectivity index (χ1) is 6.78. The molecule has 0 radical (unpaired) electrons. The SMILES string of the molecule is COCc1cc(=S)nc(CC2CC2)[nH]1. The highest BCUT2D eigenvalue weighted by Crippen LogP contribution is 2.31. The van der Waals surface area contributed by atoms with Gasteiger partial charge < -0.3 is 9.72 Å². The van der Waals surface area contributed by atoms with Crippen LogP contribution in [0.5, 0.6) is 0 Å². The van der Waals surface area contributed by atoms with Crippen LogP contribution in [0.1, 0.15) is 24.4 Å². The molecule has 0 unspecified atom stereocenters. The molecule has 1 aliphatic carbocycles. The van der Waals surface area contributed by atoms with E-state index in [4.69, 9.17) is 17.0 Å². The lowest BCUT2D eigenvalue weighted by Gasteiger charge is -2.04. The largest absolute Gasteiger partial charge is 0.378 e. The van der Waals surface area contributed by atoms with E-state index in [1.165, 1.54) is 12.8 Å². The molecular formula is C10H14N2OS. The fourth-order valence-corrected chi connectivity index (χ4v) is 1.74. The second-order valence-corrected chi connectivity index (χ2v) is 4.19. The van der Waals surface area contributed by atoms with Crippen molar-refractivity contribution in [3.8, 4) is 0 Å². The molecule has 0 bridgehead atoms. The minimum absolute atomic E-state index is 0.573. The molecule has 0 aromatic carbocycles. The van der Waals surface area contributed by atoms with E-state index < -0.39 is 0 Å². The van der Waals surface area contributed by atoms with Gasteiger partial charge in [-0.3, -0.25) is 0 Å². The molecule has 1 aromatic rings. The summed E-state index contributed by atoms with van der Waals surface area (Å²) in [4.78, 5) is 7.55. The van der Waals surface area contributed by atoms with Crippen LogP contribution in [0.3, 0.4) is 0 Å². The maximum atomic E-state index is 5.09. The molecular weight excluding hydrogens is 196 g/mol. The lowest BCUT2D eigenvalue weighted by Crippen LogP contribution is -2.01. The third-order valence-corrected chi connectivity index (χ3v) is 2.54. The Hall–Kier alpha value is -0.740. The minimum atomic E-state index is 0.573. The second-order valence-electron chi connectivity index (χ2n) is 3.77. The van der Waals surface area contributed by atoms with Crippen molar-refractivity contribution in [2.24, 2.45) is 5.92 Å². The van der Waals surface area contributed by atoms with Crippen molar-refractivity contribution in [1.29, 1.82) is 0 Å². The highest BCUT2D eigenvalue weighted by atomic mass is 32.1. The summed E-state index contributed by atoms with van der Waals surface area (Å²) in [6.45, 7) is 0.573. The third kappa shape index (κ3) is 2.62. The van der Waals surface area contributed by atoms with Gasteiger partial charge in [-0.25, -0.2) is 4.98 Å². The highest BCUT2D eigenvalue weighted by Gasteiger charge is 2.22. The smallest absolute Gasteiger partial charge is 0.130 e. The number of nitrogens with one attached hydrogen (secondary N) is 1. The van der Waals surface area contributed by atoms with E-state index >= 15 is 0 Å². The van der Waals surface area contributed by atoms with Crippen LogP contribution in [0.25, 0.3) is 0 Å². The van der Waals surface area contributed by atoms with Crippen molar-refractivity contribution >= 4 is 12.2 Å². The van der Waals surface area contributed by atoms with Crippen LogP contribution in [0.4, 0.5) is 0 Å². The molecule has 1 N–H and O–H groups in total. The number of methoxy groups -OCH3 is 1. The molecule has 1 aromatic heterocycles. The van der Waals surface area contributed by atoms with Crippen molar-refractivity contribution < 1.29 is 4.74 Å². The normalized spacial score (nSPS) is 15.8. The molecule has 14 heavy (non-hydrogen) atoms. The summed E-state index contributed by atoms with van der Waals surface area (Å²) in [7, 11) is 1.68. The fraction of sp³-hybridized carbons (Fsp3) is 0.600. The Bertz CT molecular complexity index is 371. The topological polar surface area (TPSA) is 37.9 Å². The summed E-state index contributed by atoms with van der Waals surface area (Å²) in [5.74, 6) is 1.83. The van der Waals surface area contributed by atoms with Gasteiger partial charge >= 0.3 is 0 Å². The van der Waals surface area contributed by atoms with E-state index in [1.807, 2.05) is 6.07 Å². The highest BCUT2D eigenvalue weighted by molar-refractivity contribution is 7.71. The summed E-state index contributed by atoms with van der Waals surface area (Å²) in [5.41, 5.74) is 1.02. The zero-order valence-corrected chi connectivity index (χ0v) is 9.06. The molecule has 1 aliphatic rings. The maximum Gasteiger partial charge on any atom is 0.130 e. The molecule has 76 valence electrons. The van der Waals surface area contributed by atoms with Crippen molar-refractivity contribution in [3.63, 3.8) is 0 Å². The van der Waals surface area contributed by atoms with E-state index in [9.17, 15) is 0 Å². The Morgan fingerprint density at radius 3 is 3.07 bits per heavy atom. The van der Waals surface area contributed by atoms with Gasteiger partial charge in [-0.1, -0.05) is 12.2 Å². The number of nitrogens with zero attached hydrogens (tertiary/aromatic N) is 1. The predicted molar refractivity (Wildman–Crippen MR) is 56.6 cm³/mol. The number of H-pyrrole nitrogens is 1. The number of hydrogen-bond donors (Lipinski definition) is 1. The van der Waals surface area contributed by atoms with Gasteiger partial charge in [0, 0.05) is 19.2 Å². The van der Waals surface area contributed by atoms with Crippen molar-refractivity contribution in [3.05, 3.63) is 22.2 Å². The quantitative estimate of drug-likeness (QED) is 0.774. The molecule has 0 aliphatic heterocycles. The molecule has 1 heterocycles. The summed E-state index contributed by atoms with van der Waals surface area (Å²) in [6.07, 6.45) is 3.69. The van der Waals surface area contributed by atoms with E-state index in [-0.39, 0.29) is 0 Å². The Morgan fingerprint density at radius 2 is 2.43 bits per heavy atom. The number of ether oxygens (including phenoxy) is 1. The fourth-order valence-electron chi connectivity index (χ4n) is 1.49. The van der Waals surface area contributed by atoms with Crippen LogP contribution in [0.15, 0.2) is 6.07 Å². The van der Waals surface area contributed by atoms with Gasteiger partial charge in [-0.15, -0.1) is 0 Å². The van der Waals surface area contributed by atoms with Crippen LogP contribution in [-0.2, 0) is 17.8 Å². The Balaban J connectivity index is 2.16. The molecule has 2 rings (SSSR count). The van der Waals surface area contributed by atoms with Gasteiger partial charge in [0.05, 0.1) is 6.61 Å². The van der Waals surface area contributed by atoms with Gasteiger partial charge in [0.25, 0.3) is 0 Å². The monoisotopic (exact) mass is 210 g/mol. The molecule has 0 spiro atoms. The number of aromatic nitrogens is 2. The summed E-state index contributed by atoms with van der Waals surface area (Å²) < 4.78 is 5.71. The van der Waals surface area contributed by atoms with Crippen molar-refractivity contribution in [2.75, 3.05) is 7.11 Å². The average molecular weight is 210 g/mol.